The number of hydrogen-bond acceptors (Lipinski definition) is 3. The number of hydrogen-bond donors (Lipinski definition) is 0. The predicted molar refractivity (Wildman–Crippen MR) is 71.3 cm³/mol. The number of Topliss-reactive ketones (excluding diaryl/α,β-unsaturated/α-hetero) is 1. The molecule has 84 valence electrons. The molecule has 1 nitrogen and oxygen atoms in total. The highest BCUT2D eigenvalue weighted by atomic mass is 35.5. The molecule has 0 aliphatic carbocycles. The van der Waals surface area contributed by atoms with Crippen molar-refractivity contribution in [3.8, 4) is 0 Å². The summed E-state index contributed by atoms with van der Waals surface area (Å²) in [7, 11) is 0. The molecule has 0 spiro atoms. The predicted octanol–water partition coefficient (Wildman–Crippen LogP) is 4.93. The van der Waals surface area contributed by atoms with E-state index < -0.39 is 0 Å². The maximum atomic E-state index is 11.8. The van der Waals surface area contributed by atoms with Crippen molar-refractivity contribution in [2.45, 2.75) is 12.8 Å². The molecule has 0 fully saturated rings. The molecule has 2 aromatic heterocycles. The second-order valence-electron chi connectivity index (χ2n) is 3.24. The van der Waals surface area contributed by atoms with Gasteiger partial charge in [-0.1, -0.05) is 29.3 Å². The van der Waals surface area contributed by atoms with Gasteiger partial charge < -0.3 is 0 Å². The molecule has 0 aliphatic heterocycles. The third-order valence-corrected chi connectivity index (χ3v) is 4.56. The summed E-state index contributed by atoms with van der Waals surface area (Å²) in [5, 5.41) is 2.01. The lowest BCUT2D eigenvalue weighted by Crippen LogP contribution is -1.99. The van der Waals surface area contributed by atoms with Crippen LogP contribution < -0.4 is 0 Å². The molecule has 0 bridgehead atoms. The Bertz CT molecular complexity index is 488. The molecular formula is C11H8Cl2OS2. The Hall–Kier alpha value is -0.350. The monoisotopic (exact) mass is 290 g/mol. The Morgan fingerprint density at radius 1 is 1.38 bits per heavy atom. The smallest absolute Gasteiger partial charge is 0.165 e. The van der Waals surface area contributed by atoms with Crippen molar-refractivity contribution in [2.24, 2.45) is 0 Å². The highest BCUT2D eigenvalue weighted by molar-refractivity contribution is 7.20. The Labute approximate surface area is 112 Å². The summed E-state index contributed by atoms with van der Waals surface area (Å²) in [5.41, 5.74) is 0.549. The van der Waals surface area contributed by atoms with Gasteiger partial charge in [-0.2, -0.15) is 0 Å². The van der Waals surface area contributed by atoms with Gasteiger partial charge in [0.15, 0.2) is 5.78 Å². The molecule has 2 rings (SSSR count). The van der Waals surface area contributed by atoms with Gasteiger partial charge in [0.2, 0.25) is 0 Å². The summed E-state index contributed by atoms with van der Waals surface area (Å²) < 4.78 is 1.05. The molecule has 0 saturated carbocycles. The quantitative estimate of drug-likeness (QED) is 0.730. The van der Waals surface area contributed by atoms with Gasteiger partial charge in [0.25, 0.3) is 0 Å². The minimum absolute atomic E-state index is 0.0570. The van der Waals surface area contributed by atoms with Crippen LogP contribution in [0.25, 0.3) is 0 Å². The van der Waals surface area contributed by atoms with Gasteiger partial charge in [-0.15, -0.1) is 22.7 Å². The summed E-state index contributed by atoms with van der Waals surface area (Å²) in [6.45, 7) is 0. The second kappa shape index (κ2) is 5.32. The van der Waals surface area contributed by atoms with Crippen LogP contribution in [0.5, 0.6) is 0 Å². The lowest BCUT2D eigenvalue weighted by atomic mass is 10.1. The first-order valence-electron chi connectivity index (χ1n) is 4.67. The number of aryl methyl sites for hydroxylation is 1. The third kappa shape index (κ3) is 2.86. The topological polar surface area (TPSA) is 17.1 Å². The van der Waals surface area contributed by atoms with Gasteiger partial charge in [0.05, 0.1) is 4.34 Å². The van der Waals surface area contributed by atoms with Crippen LogP contribution >= 0.6 is 45.9 Å². The van der Waals surface area contributed by atoms with Crippen molar-refractivity contribution in [1.29, 1.82) is 0 Å². The fourth-order valence-electron chi connectivity index (χ4n) is 1.36. The van der Waals surface area contributed by atoms with Gasteiger partial charge in [-0.25, -0.2) is 0 Å². The highest BCUT2D eigenvalue weighted by Crippen LogP contribution is 2.32. The summed E-state index contributed by atoms with van der Waals surface area (Å²) in [6, 6.07) is 5.66. The molecule has 0 aliphatic rings. The van der Waals surface area contributed by atoms with Crippen molar-refractivity contribution in [2.75, 3.05) is 0 Å². The molecule has 0 aromatic carbocycles. The number of rotatable bonds is 4. The molecule has 16 heavy (non-hydrogen) atoms. The SMILES string of the molecule is O=C(CCc1cccs1)c1cc(Cl)sc1Cl. The molecule has 0 saturated heterocycles. The number of ketones is 1. The fourth-order valence-corrected chi connectivity index (χ4v) is 3.56. The van der Waals surface area contributed by atoms with Crippen molar-refractivity contribution in [3.63, 3.8) is 0 Å². The molecule has 2 heterocycles. The Balaban J connectivity index is 2.01. The molecule has 0 N–H and O–H groups in total. The molecule has 0 atom stereocenters. The van der Waals surface area contributed by atoms with E-state index in [1.807, 2.05) is 17.5 Å². The molecule has 0 radical (unpaired) electrons. The zero-order valence-corrected chi connectivity index (χ0v) is 11.3. The first-order valence-corrected chi connectivity index (χ1v) is 7.12. The molecular weight excluding hydrogens is 283 g/mol. The third-order valence-electron chi connectivity index (χ3n) is 2.14. The number of carbonyl (C=O) groups excluding carboxylic acids is 1. The summed E-state index contributed by atoms with van der Waals surface area (Å²) >= 11 is 14.6. The van der Waals surface area contributed by atoms with Crippen molar-refractivity contribution in [3.05, 3.63) is 42.7 Å². The summed E-state index contributed by atoms with van der Waals surface area (Å²) in [4.78, 5) is 13.1. The van der Waals surface area contributed by atoms with Crippen LogP contribution in [-0.2, 0) is 6.42 Å². The lowest BCUT2D eigenvalue weighted by molar-refractivity contribution is 0.0983. The van der Waals surface area contributed by atoms with E-state index in [-0.39, 0.29) is 5.78 Å². The van der Waals surface area contributed by atoms with E-state index in [0.29, 0.717) is 20.7 Å². The van der Waals surface area contributed by atoms with Crippen molar-refractivity contribution in [1.82, 2.24) is 0 Å². The van der Waals surface area contributed by atoms with Crippen LogP contribution in [0.2, 0.25) is 8.67 Å². The normalized spacial score (nSPS) is 10.6. The number of halogens is 2. The van der Waals surface area contributed by atoms with Crippen LogP contribution in [0, 0.1) is 0 Å². The van der Waals surface area contributed by atoms with Crippen molar-refractivity contribution >= 4 is 51.7 Å². The second-order valence-corrected chi connectivity index (χ2v) is 6.56. The van der Waals surface area contributed by atoms with E-state index in [1.54, 1.807) is 17.4 Å². The van der Waals surface area contributed by atoms with Gasteiger partial charge in [-0.3, -0.25) is 4.79 Å². The van der Waals surface area contributed by atoms with Crippen LogP contribution in [-0.4, -0.2) is 5.78 Å². The maximum Gasteiger partial charge on any atom is 0.165 e. The van der Waals surface area contributed by atoms with Crippen LogP contribution in [0.15, 0.2) is 23.6 Å². The van der Waals surface area contributed by atoms with Gasteiger partial charge in [0, 0.05) is 16.9 Å². The molecule has 0 amide bonds. The first kappa shape index (κ1) is 12.1. The zero-order chi connectivity index (χ0) is 11.5. The number of thiophene rings is 2. The van der Waals surface area contributed by atoms with E-state index in [1.165, 1.54) is 16.2 Å². The van der Waals surface area contributed by atoms with E-state index in [2.05, 4.69) is 0 Å². The summed E-state index contributed by atoms with van der Waals surface area (Å²) in [6.07, 6.45) is 1.24. The van der Waals surface area contributed by atoms with Crippen LogP contribution in [0.4, 0.5) is 0 Å². The van der Waals surface area contributed by atoms with Crippen molar-refractivity contribution < 1.29 is 4.79 Å². The molecule has 2 aromatic rings. The standard InChI is InChI=1S/C11H8Cl2OS2/c12-10-6-8(11(13)16-10)9(14)4-3-7-2-1-5-15-7/h1-2,5-6H,3-4H2. The Kier molecular flexibility index (Phi) is 4.03. The Morgan fingerprint density at radius 3 is 2.75 bits per heavy atom. The van der Waals surface area contributed by atoms with E-state index in [4.69, 9.17) is 23.2 Å². The first-order chi connectivity index (χ1) is 7.66. The number of carbonyl (C=O) groups is 1. The molecule has 5 heteroatoms. The van der Waals surface area contributed by atoms with Crippen LogP contribution in [0.1, 0.15) is 21.7 Å². The molecule has 0 unspecified atom stereocenters. The fraction of sp³-hybridized carbons (Fsp3) is 0.182. The maximum absolute atomic E-state index is 11.8. The minimum Gasteiger partial charge on any atom is -0.294 e. The lowest BCUT2D eigenvalue weighted by Gasteiger charge is -1.97. The van der Waals surface area contributed by atoms with E-state index in [9.17, 15) is 4.79 Å². The van der Waals surface area contributed by atoms with E-state index >= 15 is 0 Å². The van der Waals surface area contributed by atoms with Crippen LogP contribution in [0.3, 0.4) is 0 Å². The largest absolute Gasteiger partial charge is 0.294 e. The average molecular weight is 291 g/mol. The average Bonchev–Trinajstić information content (AvgIpc) is 2.84. The van der Waals surface area contributed by atoms with Gasteiger partial charge in [-0.05, 0) is 23.9 Å². The van der Waals surface area contributed by atoms with E-state index in [0.717, 1.165) is 6.42 Å². The summed E-state index contributed by atoms with van der Waals surface area (Å²) in [5.74, 6) is 0.0570. The minimum atomic E-state index is 0.0570. The van der Waals surface area contributed by atoms with Gasteiger partial charge in [0.1, 0.15) is 4.34 Å². The highest BCUT2D eigenvalue weighted by Gasteiger charge is 2.14. The van der Waals surface area contributed by atoms with Gasteiger partial charge >= 0.3 is 0 Å². The Morgan fingerprint density at radius 2 is 2.19 bits per heavy atom. The zero-order valence-electron chi connectivity index (χ0n) is 8.20.